The Hall–Kier alpha value is -3.08. The maximum absolute atomic E-state index is 13.6. The van der Waals surface area contributed by atoms with Gasteiger partial charge in [-0.3, -0.25) is 19.2 Å². The SMILES string of the molecule is Cc1ccc([N+](=O)[O-])cc1NC(=O)[C@@H](C)N(c1ccc(F)c(F)c1)S(C)(=O)=O. The number of carbonyl (C=O) groups is 1. The fourth-order valence-corrected chi connectivity index (χ4v) is 3.69. The molecule has 0 fully saturated rings. The monoisotopic (exact) mass is 413 g/mol. The van der Waals surface area contributed by atoms with Crippen molar-refractivity contribution in [2.24, 2.45) is 0 Å². The van der Waals surface area contributed by atoms with Crippen molar-refractivity contribution in [2.45, 2.75) is 19.9 Å². The van der Waals surface area contributed by atoms with Crippen LogP contribution in [0.3, 0.4) is 0 Å². The van der Waals surface area contributed by atoms with Gasteiger partial charge >= 0.3 is 0 Å². The van der Waals surface area contributed by atoms with E-state index in [-0.39, 0.29) is 17.1 Å². The number of nitrogens with zero attached hydrogens (tertiary/aromatic N) is 2. The molecule has 0 bridgehead atoms. The van der Waals surface area contributed by atoms with Crippen LogP contribution >= 0.6 is 0 Å². The van der Waals surface area contributed by atoms with Crippen molar-refractivity contribution >= 4 is 33.0 Å². The van der Waals surface area contributed by atoms with Crippen LogP contribution in [0.25, 0.3) is 0 Å². The zero-order chi connectivity index (χ0) is 21.2. The van der Waals surface area contributed by atoms with E-state index in [2.05, 4.69) is 5.32 Å². The topological polar surface area (TPSA) is 110 Å². The minimum Gasteiger partial charge on any atom is -0.324 e. The van der Waals surface area contributed by atoms with Crippen molar-refractivity contribution in [3.05, 3.63) is 63.7 Å². The van der Waals surface area contributed by atoms with Crippen LogP contribution in [-0.2, 0) is 14.8 Å². The number of halogens is 2. The van der Waals surface area contributed by atoms with E-state index in [9.17, 15) is 32.1 Å². The van der Waals surface area contributed by atoms with Gasteiger partial charge in [-0.25, -0.2) is 17.2 Å². The summed E-state index contributed by atoms with van der Waals surface area (Å²) in [6.07, 6.45) is 0.816. The molecular weight excluding hydrogens is 396 g/mol. The number of amides is 1. The molecule has 0 saturated carbocycles. The number of anilines is 2. The summed E-state index contributed by atoms with van der Waals surface area (Å²) in [4.78, 5) is 22.9. The van der Waals surface area contributed by atoms with E-state index in [0.717, 1.165) is 24.5 Å². The van der Waals surface area contributed by atoms with Gasteiger partial charge in [0.15, 0.2) is 11.6 Å². The smallest absolute Gasteiger partial charge is 0.271 e. The molecule has 2 aromatic carbocycles. The number of nitro groups is 1. The van der Waals surface area contributed by atoms with Gasteiger partial charge in [0, 0.05) is 18.2 Å². The van der Waals surface area contributed by atoms with Gasteiger partial charge in [0.25, 0.3) is 5.69 Å². The number of nitro benzene ring substituents is 1. The fourth-order valence-electron chi connectivity index (χ4n) is 2.53. The highest BCUT2D eigenvalue weighted by atomic mass is 32.2. The number of aryl methyl sites for hydroxylation is 1. The summed E-state index contributed by atoms with van der Waals surface area (Å²) in [6.45, 7) is 2.86. The summed E-state index contributed by atoms with van der Waals surface area (Å²) < 4.78 is 51.7. The lowest BCUT2D eigenvalue weighted by Crippen LogP contribution is -2.45. The third-order valence-electron chi connectivity index (χ3n) is 3.94. The van der Waals surface area contributed by atoms with Crippen molar-refractivity contribution in [3.8, 4) is 0 Å². The first-order valence-corrected chi connectivity index (χ1v) is 9.77. The Morgan fingerprint density at radius 1 is 1.18 bits per heavy atom. The van der Waals surface area contributed by atoms with E-state index in [0.29, 0.717) is 15.9 Å². The van der Waals surface area contributed by atoms with Crippen LogP contribution < -0.4 is 9.62 Å². The summed E-state index contributed by atoms with van der Waals surface area (Å²) in [5, 5.41) is 13.3. The quantitative estimate of drug-likeness (QED) is 0.578. The standard InChI is InChI=1S/C17H17F2N3O5S/c1-10-4-5-13(22(24)25)9-16(10)20-17(23)11(2)21(28(3,26)27)12-6-7-14(18)15(19)8-12/h4-9,11H,1-3H3,(H,20,23)/t11-/m1/s1. The molecule has 0 unspecified atom stereocenters. The summed E-state index contributed by atoms with van der Waals surface area (Å²) in [5.41, 5.74) is 0.156. The first-order chi connectivity index (χ1) is 12.9. The molecule has 0 saturated heterocycles. The maximum Gasteiger partial charge on any atom is 0.271 e. The Bertz CT molecular complexity index is 1040. The fraction of sp³-hybridized carbons (Fsp3) is 0.235. The van der Waals surface area contributed by atoms with E-state index in [1.165, 1.54) is 19.1 Å². The minimum absolute atomic E-state index is 0.129. The van der Waals surface area contributed by atoms with Crippen LogP contribution in [0.5, 0.6) is 0 Å². The molecule has 8 nitrogen and oxygen atoms in total. The van der Waals surface area contributed by atoms with Gasteiger partial charge in [0.05, 0.1) is 22.6 Å². The van der Waals surface area contributed by atoms with Crippen LogP contribution in [0.4, 0.5) is 25.8 Å². The lowest BCUT2D eigenvalue weighted by molar-refractivity contribution is -0.384. The first kappa shape index (κ1) is 21.2. The van der Waals surface area contributed by atoms with Gasteiger partial charge in [-0.05, 0) is 31.5 Å². The highest BCUT2D eigenvalue weighted by Gasteiger charge is 2.30. The van der Waals surface area contributed by atoms with Crippen molar-refractivity contribution in [1.82, 2.24) is 0 Å². The molecule has 11 heteroatoms. The number of non-ortho nitro benzene ring substituents is 1. The largest absolute Gasteiger partial charge is 0.324 e. The first-order valence-electron chi connectivity index (χ1n) is 7.92. The van der Waals surface area contributed by atoms with E-state index >= 15 is 0 Å². The van der Waals surface area contributed by atoms with Crippen LogP contribution in [0.15, 0.2) is 36.4 Å². The predicted octanol–water partition coefficient (Wildman–Crippen LogP) is 2.97. The number of carbonyl (C=O) groups excluding carboxylic acids is 1. The maximum atomic E-state index is 13.6. The number of rotatable bonds is 6. The summed E-state index contributed by atoms with van der Waals surface area (Å²) in [7, 11) is -4.04. The lowest BCUT2D eigenvalue weighted by Gasteiger charge is -2.28. The second-order valence-corrected chi connectivity index (χ2v) is 7.94. The molecule has 28 heavy (non-hydrogen) atoms. The van der Waals surface area contributed by atoms with Crippen LogP contribution in [0.2, 0.25) is 0 Å². The molecular formula is C17H17F2N3O5S. The molecule has 150 valence electrons. The molecule has 0 aliphatic heterocycles. The van der Waals surface area contributed by atoms with Crippen molar-refractivity contribution in [2.75, 3.05) is 15.9 Å². The number of nitrogens with one attached hydrogen (secondary N) is 1. The minimum atomic E-state index is -4.04. The van der Waals surface area contributed by atoms with Crippen molar-refractivity contribution in [1.29, 1.82) is 0 Å². The number of sulfonamides is 1. The second kappa shape index (κ2) is 7.89. The molecule has 0 aliphatic rings. The average Bonchev–Trinajstić information content (AvgIpc) is 2.58. The molecule has 2 aromatic rings. The highest BCUT2D eigenvalue weighted by Crippen LogP contribution is 2.25. The van der Waals surface area contributed by atoms with Gasteiger partial charge in [-0.2, -0.15) is 0 Å². The molecule has 0 spiro atoms. The Morgan fingerprint density at radius 2 is 1.82 bits per heavy atom. The molecule has 1 amide bonds. The molecule has 0 radical (unpaired) electrons. The van der Waals surface area contributed by atoms with E-state index in [1.807, 2.05) is 0 Å². The van der Waals surface area contributed by atoms with Gasteiger partial charge in [0.1, 0.15) is 6.04 Å². The van der Waals surface area contributed by atoms with Gasteiger partial charge in [-0.15, -0.1) is 0 Å². The highest BCUT2D eigenvalue weighted by molar-refractivity contribution is 7.92. The molecule has 0 aliphatic carbocycles. The number of hydrogen-bond donors (Lipinski definition) is 1. The lowest BCUT2D eigenvalue weighted by atomic mass is 10.1. The zero-order valence-corrected chi connectivity index (χ0v) is 16.0. The Morgan fingerprint density at radius 3 is 2.36 bits per heavy atom. The Kier molecular flexibility index (Phi) is 5.98. The number of hydrogen-bond acceptors (Lipinski definition) is 5. The molecule has 1 N–H and O–H groups in total. The van der Waals surface area contributed by atoms with Crippen LogP contribution in [0.1, 0.15) is 12.5 Å². The molecule has 1 atom stereocenters. The van der Waals surface area contributed by atoms with Crippen molar-refractivity contribution in [3.63, 3.8) is 0 Å². The average molecular weight is 413 g/mol. The summed E-state index contributed by atoms with van der Waals surface area (Å²) in [6, 6.07) is 4.93. The predicted molar refractivity (Wildman–Crippen MR) is 99.6 cm³/mol. The molecule has 0 aromatic heterocycles. The van der Waals surface area contributed by atoms with Gasteiger partial charge < -0.3 is 5.32 Å². The van der Waals surface area contributed by atoms with E-state index < -0.39 is 38.5 Å². The Labute approximate surface area is 160 Å². The van der Waals surface area contributed by atoms with E-state index in [4.69, 9.17) is 0 Å². The van der Waals surface area contributed by atoms with Crippen LogP contribution in [-0.4, -0.2) is 31.5 Å². The molecule has 0 heterocycles. The normalized spacial score (nSPS) is 12.3. The van der Waals surface area contributed by atoms with Crippen LogP contribution in [0, 0.1) is 28.7 Å². The van der Waals surface area contributed by atoms with Crippen molar-refractivity contribution < 1.29 is 26.9 Å². The third kappa shape index (κ3) is 4.60. The summed E-state index contributed by atoms with van der Waals surface area (Å²) >= 11 is 0. The van der Waals surface area contributed by atoms with Gasteiger partial charge in [-0.1, -0.05) is 6.07 Å². The van der Waals surface area contributed by atoms with Gasteiger partial charge in [0.2, 0.25) is 15.9 Å². The van der Waals surface area contributed by atoms with E-state index in [1.54, 1.807) is 6.92 Å². The summed E-state index contributed by atoms with van der Waals surface area (Å²) in [5.74, 6) is -3.24. The Balaban J connectivity index is 2.38. The second-order valence-electron chi connectivity index (χ2n) is 6.08. The third-order valence-corrected chi connectivity index (χ3v) is 5.18. The molecule has 2 rings (SSSR count). The zero-order valence-electron chi connectivity index (χ0n) is 15.1. The number of benzene rings is 2.